The van der Waals surface area contributed by atoms with Gasteiger partial charge in [-0.2, -0.15) is 5.26 Å². The van der Waals surface area contributed by atoms with Gasteiger partial charge in [-0.15, -0.1) is 0 Å². The molecule has 1 fully saturated rings. The summed E-state index contributed by atoms with van der Waals surface area (Å²) in [6, 6.07) is 2.54. The van der Waals surface area contributed by atoms with E-state index in [1.807, 2.05) is 0 Å². The van der Waals surface area contributed by atoms with E-state index in [2.05, 4.69) is 24.9 Å². The number of hydrogen-bond donors (Lipinski definition) is 0. The molecule has 0 aliphatic carbocycles. The summed E-state index contributed by atoms with van der Waals surface area (Å²) >= 11 is 0. The van der Waals surface area contributed by atoms with Crippen LogP contribution < -0.4 is 0 Å². The topological polar surface area (TPSA) is 36.3 Å². The first-order chi connectivity index (χ1) is 6.74. The van der Waals surface area contributed by atoms with Crippen molar-refractivity contribution in [2.24, 2.45) is 0 Å². The highest BCUT2D eigenvalue weighted by atomic mass is 16.5. The van der Waals surface area contributed by atoms with Gasteiger partial charge in [-0.3, -0.25) is 0 Å². The molecule has 0 amide bonds. The van der Waals surface area contributed by atoms with E-state index >= 15 is 0 Å². The Balaban J connectivity index is 2.24. The van der Waals surface area contributed by atoms with Crippen LogP contribution >= 0.6 is 0 Å². The lowest BCUT2D eigenvalue weighted by Gasteiger charge is -2.30. The lowest BCUT2D eigenvalue weighted by atomic mass is 10.1. The molecule has 0 radical (unpaired) electrons. The first kappa shape index (κ1) is 11.5. The minimum absolute atomic E-state index is 0.338. The molecule has 2 atom stereocenters. The smallest absolute Gasteiger partial charge is 0.0702 e. The van der Waals surface area contributed by atoms with Crippen LogP contribution in [0.4, 0.5) is 0 Å². The Labute approximate surface area is 86.6 Å². The van der Waals surface area contributed by atoms with Crippen LogP contribution in [-0.4, -0.2) is 37.2 Å². The lowest BCUT2D eigenvalue weighted by molar-refractivity contribution is -0.00667. The van der Waals surface area contributed by atoms with Gasteiger partial charge in [0.05, 0.1) is 18.6 Å². The monoisotopic (exact) mass is 196 g/mol. The molecule has 80 valence electrons. The average Bonchev–Trinajstić information content (AvgIpc) is 2.19. The van der Waals surface area contributed by atoms with Gasteiger partial charge in [0.15, 0.2) is 0 Å². The van der Waals surface area contributed by atoms with Crippen LogP contribution in [0, 0.1) is 11.3 Å². The molecule has 1 aliphatic rings. The molecule has 0 saturated carbocycles. The molecule has 0 N–H and O–H groups in total. The average molecular weight is 196 g/mol. The minimum atomic E-state index is 0.338. The second kappa shape index (κ2) is 6.00. The Morgan fingerprint density at radius 3 is 2.93 bits per heavy atom. The minimum Gasteiger partial charge on any atom is -0.377 e. The van der Waals surface area contributed by atoms with Crippen LogP contribution in [0.15, 0.2) is 0 Å². The fourth-order valence-electron chi connectivity index (χ4n) is 1.74. The van der Waals surface area contributed by atoms with E-state index in [1.54, 1.807) is 0 Å². The maximum atomic E-state index is 8.58. The normalized spacial score (nSPS) is 24.6. The zero-order valence-electron chi connectivity index (χ0n) is 9.20. The maximum absolute atomic E-state index is 8.58. The van der Waals surface area contributed by atoms with E-state index in [-0.39, 0.29) is 0 Å². The lowest BCUT2D eigenvalue weighted by Crippen LogP contribution is -2.38. The number of ether oxygens (including phenoxy) is 1. The summed E-state index contributed by atoms with van der Waals surface area (Å²) in [5.74, 6) is 0. The Morgan fingerprint density at radius 1 is 1.57 bits per heavy atom. The van der Waals surface area contributed by atoms with Gasteiger partial charge in [0.1, 0.15) is 0 Å². The van der Waals surface area contributed by atoms with Gasteiger partial charge in [-0.05, 0) is 33.2 Å². The van der Waals surface area contributed by atoms with Crippen LogP contribution in [0.5, 0.6) is 0 Å². The molecule has 1 aliphatic heterocycles. The number of rotatable bonds is 4. The number of likely N-dealkylation sites (N-methyl/N-ethyl adjacent to an activating group) is 1. The van der Waals surface area contributed by atoms with Crippen molar-refractivity contribution in [3.63, 3.8) is 0 Å². The summed E-state index contributed by atoms with van der Waals surface area (Å²) in [6.45, 7) is 3.96. The third-order valence-electron chi connectivity index (χ3n) is 2.90. The van der Waals surface area contributed by atoms with E-state index < -0.39 is 0 Å². The molecular weight excluding hydrogens is 176 g/mol. The molecule has 1 saturated heterocycles. The van der Waals surface area contributed by atoms with Crippen molar-refractivity contribution in [3.8, 4) is 6.07 Å². The SMILES string of the molecule is CC(CC#N)N(C)CC1CCCCO1. The number of nitriles is 1. The molecule has 0 aromatic heterocycles. The van der Waals surface area contributed by atoms with Crippen LogP contribution in [0.1, 0.15) is 32.6 Å². The van der Waals surface area contributed by atoms with E-state index in [9.17, 15) is 0 Å². The molecule has 14 heavy (non-hydrogen) atoms. The van der Waals surface area contributed by atoms with E-state index in [0.29, 0.717) is 18.6 Å². The fourth-order valence-corrected chi connectivity index (χ4v) is 1.74. The predicted molar refractivity (Wildman–Crippen MR) is 55.9 cm³/mol. The maximum Gasteiger partial charge on any atom is 0.0702 e. The summed E-state index contributed by atoms with van der Waals surface area (Å²) in [7, 11) is 2.07. The highest BCUT2D eigenvalue weighted by Crippen LogP contribution is 2.14. The van der Waals surface area contributed by atoms with Crippen molar-refractivity contribution in [1.82, 2.24) is 4.90 Å². The molecule has 0 bridgehead atoms. The largest absolute Gasteiger partial charge is 0.377 e. The summed E-state index contributed by atoms with van der Waals surface area (Å²) in [5.41, 5.74) is 0. The summed E-state index contributed by atoms with van der Waals surface area (Å²) in [4.78, 5) is 2.22. The number of hydrogen-bond acceptors (Lipinski definition) is 3. The molecule has 2 unspecified atom stereocenters. The van der Waals surface area contributed by atoms with Gasteiger partial charge in [-0.25, -0.2) is 0 Å². The third kappa shape index (κ3) is 3.65. The van der Waals surface area contributed by atoms with Crippen molar-refractivity contribution >= 4 is 0 Å². The van der Waals surface area contributed by atoms with Gasteiger partial charge in [0, 0.05) is 19.2 Å². The van der Waals surface area contributed by atoms with E-state index in [1.165, 1.54) is 19.3 Å². The third-order valence-corrected chi connectivity index (χ3v) is 2.90. The predicted octanol–water partition coefficient (Wildman–Crippen LogP) is 1.79. The van der Waals surface area contributed by atoms with Crippen molar-refractivity contribution in [3.05, 3.63) is 0 Å². The highest BCUT2D eigenvalue weighted by Gasteiger charge is 2.18. The van der Waals surface area contributed by atoms with Crippen molar-refractivity contribution in [1.29, 1.82) is 5.26 Å². The van der Waals surface area contributed by atoms with Crippen LogP contribution in [0.2, 0.25) is 0 Å². The Hall–Kier alpha value is -0.590. The second-order valence-corrected chi connectivity index (χ2v) is 4.14. The molecular formula is C11H20N2O. The zero-order valence-corrected chi connectivity index (χ0v) is 9.20. The van der Waals surface area contributed by atoms with Crippen molar-refractivity contribution < 1.29 is 4.74 Å². The number of nitrogens with zero attached hydrogens (tertiary/aromatic N) is 2. The summed E-state index contributed by atoms with van der Waals surface area (Å²) in [6.07, 6.45) is 4.64. The zero-order chi connectivity index (χ0) is 10.4. The Bertz CT molecular complexity index is 194. The van der Waals surface area contributed by atoms with Gasteiger partial charge in [0.25, 0.3) is 0 Å². The first-order valence-corrected chi connectivity index (χ1v) is 5.43. The molecule has 0 spiro atoms. The van der Waals surface area contributed by atoms with Gasteiger partial charge >= 0.3 is 0 Å². The molecule has 0 aromatic rings. The Kier molecular flexibility index (Phi) is 4.92. The molecule has 1 heterocycles. The van der Waals surface area contributed by atoms with Crippen LogP contribution in [0.3, 0.4) is 0 Å². The molecule has 3 heteroatoms. The molecule has 1 rings (SSSR count). The quantitative estimate of drug-likeness (QED) is 0.687. The first-order valence-electron chi connectivity index (χ1n) is 5.43. The van der Waals surface area contributed by atoms with Gasteiger partial charge < -0.3 is 9.64 Å². The van der Waals surface area contributed by atoms with E-state index in [0.717, 1.165) is 13.2 Å². The van der Waals surface area contributed by atoms with E-state index in [4.69, 9.17) is 10.00 Å². The van der Waals surface area contributed by atoms with Gasteiger partial charge in [-0.1, -0.05) is 0 Å². The highest BCUT2D eigenvalue weighted by molar-refractivity contribution is 4.80. The summed E-state index contributed by atoms with van der Waals surface area (Å²) < 4.78 is 5.65. The van der Waals surface area contributed by atoms with Crippen LogP contribution in [0.25, 0.3) is 0 Å². The standard InChI is InChI=1S/C11H20N2O/c1-10(6-7-12)13(2)9-11-5-3-4-8-14-11/h10-11H,3-6,8-9H2,1-2H3. The fraction of sp³-hybridized carbons (Fsp3) is 0.909. The summed E-state index contributed by atoms with van der Waals surface area (Å²) in [5, 5.41) is 8.58. The van der Waals surface area contributed by atoms with Crippen LogP contribution in [-0.2, 0) is 4.74 Å². The molecule has 3 nitrogen and oxygen atoms in total. The van der Waals surface area contributed by atoms with Crippen molar-refractivity contribution in [2.45, 2.75) is 44.8 Å². The van der Waals surface area contributed by atoms with Crippen molar-refractivity contribution in [2.75, 3.05) is 20.2 Å². The van der Waals surface area contributed by atoms with Gasteiger partial charge in [0.2, 0.25) is 0 Å². The Morgan fingerprint density at radius 2 is 2.36 bits per heavy atom. The second-order valence-electron chi connectivity index (χ2n) is 4.14. The molecule has 0 aromatic carbocycles.